The van der Waals surface area contributed by atoms with Crippen molar-refractivity contribution in [2.75, 3.05) is 18.4 Å². The van der Waals surface area contributed by atoms with Crippen LogP contribution >= 0.6 is 39.5 Å². The summed E-state index contributed by atoms with van der Waals surface area (Å²) >= 11 is 11.1. The summed E-state index contributed by atoms with van der Waals surface area (Å²) in [7, 11) is 0. The Labute approximate surface area is 183 Å². The third-order valence-corrected chi connectivity index (χ3v) is 6.81. The fourth-order valence-electron chi connectivity index (χ4n) is 3.48. The van der Waals surface area contributed by atoms with Crippen molar-refractivity contribution in [3.05, 3.63) is 81.2 Å². The molecule has 28 heavy (non-hydrogen) atoms. The lowest BCUT2D eigenvalue weighted by Crippen LogP contribution is -2.31. The Morgan fingerprint density at radius 3 is 2.64 bits per heavy atom. The Morgan fingerprint density at radius 1 is 1.11 bits per heavy atom. The molecule has 7 heteroatoms. The minimum Gasteiger partial charge on any atom is -0.385 e. The maximum Gasteiger partial charge on any atom is 0.170 e. The molecule has 2 aromatic heterocycles. The van der Waals surface area contributed by atoms with Gasteiger partial charge in [-0.2, -0.15) is 0 Å². The van der Waals surface area contributed by atoms with Gasteiger partial charge in [0.05, 0.1) is 21.6 Å². The molecule has 4 rings (SSSR count). The van der Waals surface area contributed by atoms with Crippen molar-refractivity contribution in [3.8, 4) is 0 Å². The quantitative estimate of drug-likeness (QED) is 0.356. The first-order valence-corrected chi connectivity index (χ1v) is 11.3. The van der Waals surface area contributed by atoms with Crippen LogP contribution < -0.4 is 10.6 Å². The standard InChI is InChI=1S/C21H21BrN4S2/c22-18-11-10-17(28-18)20-19(16-9-4-5-12-24-16)25-21(27)26(20)14-6-13-23-15-7-2-1-3-8-15/h1-5,7-12,19-20,23H,6,13-14H2,(H,25,27)/t19-,20-/m1/s1. The molecule has 3 aromatic rings. The van der Waals surface area contributed by atoms with Crippen molar-refractivity contribution in [1.29, 1.82) is 0 Å². The van der Waals surface area contributed by atoms with Crippen molar-refractivity contribution in [1.82, 2.24) is 15.2 Å². The molecular weight excluding hydrogens is 452 g/mol. The number of anilines is 1. The Bertz CT molecular complexity index is 916. The van der Waals surface area contributed by atoms with Gasteiger partial charge in [-0.1, -0.05) is 24.3 Å². The summed E-state index contributed by atoms with van der Waals surface area (Å²) < 4.78 is 1.13. The van der Waals surface area contributed by atoms with Crippen molar-refractivity contribution >= 4 is 50.3 Å². The van der Waals surface area contributed by atoms with Gasteiger partial charge in [0, 0.05) is 29.9 Å². The fraction of sp³-hybridized carbons (Fsp3) is 0.238. The van der Waals surface area contributed by atoms with Gasteiger partial charge in [-0.15, -0.1) is 11.3 Å². The molecule has 2 atom stereocenters. The normalized spacial score (nSPS) is 18.9. The van der Waals surface area contributed by atoms with Crippen molar-refractivity contribution in [3.63, 3.8) is 0 Å². The number of benzene rings is 1. The number of thiocarbonyl (C=S) groups is 1. The summed E-state index contributed by atoms with van der Waals surface area (Å²) in [4.78, 5) is 8.17. The maximum atomic E-state index is 5.70. The number of para-hydroxylation sites is 1. The first kappa shape index (κ1) is 19.4. The van der Waals surface area contributed by atoms with E-state index in [4.69, 9.17) is 12.2 Å². The van der Waals surface area contributed by atoms with E-state index in [2.05, 4.69) is 66.8 Å². The lowest BCUT2D eigenvalue weighted by atomic mass is 10.0. The van der Waals surface area contributed by atoms with Crippen LogP contribution in [-0.4, -0.2) is 28.1 Å². The lowest BCUT2D eigenvalue weighted by Gasteiger charge is -2.27. The summed E-state index contributed by atoms with van der Waals surface area (Å²) in [6.07, 6.45) is 2.84. The van der Waals surface area contributed by atoms with Gasteiger partial charge in [0.1, 0.15) is 0 Å². The summed E-state index contributed by atoms with van der Waals surface area (Å²) in [6, 6.07) is 20.8. The van der Waals surface area contributed by atoms with Gasteiger partial charge < -0.3 is 15.5 Å². The highest BCUT2D eigenvalue weighted by atomic mass is 79.9. The number of rotatable bonds is 7. The fourth-order valence-corrected chi connectivity index (χ4v) is 5.39. The van der Waals surface area contributed by atoms with Crippen LogP contribution in [0, 0.1) is 0 Å². The molecule has 1 aromatic carbocycles. The zero-order valence-corrected chi connectivity index (χ0v) is 18.4. The van der Waals surface area contributed by atoms with E-state index >= 15 is 0 Å². The van der Waals surface area contributed by atoms with Crippen LogP contribution in [0.15, 0.2) is 70.6 Å². The van der Waals surface area contributed by atoms with Gasteiger partial charge in [0.2, 0.25) is 0 Å². The number of hydrogen-bond donors (Lipinski definition) is 2. The Kier molecular flexibility index (Phi) is 6.24. The van der Waals surface area contributed by atoms with E-state index in [1.807, 2.05) is 36.5 Å². The van der Waals surface area contributed by atoms with Crippen LogP contribution in [0.5, 0.6) is 0 Å². The zero-order chi connectivity index (χ0) is 19.3. The topological polar surface area (TPSA) is 40.2 Å². The number of nitrogens with zero attached hydrogens (tertiary/aromatic N) is 2. The third-order valence-electron chi connectivity index (χ3n) is 4.76. The highest BCUT2D eigenvalue weighted by Gasteiger charge is 2.40. The van der Waals surface area contributed by atoms with E-state index in [0.717, 1.165) is 39.8 Å². The monoisotopic (exact) mass is 472 g/mol. The summed E-state index contributed by atoms with van der Waals surface area (Å²) in [5, 5.41) is 7.78. The number of thiophene rings is 1. The van der Waals surface area contributed by atoms with E-state index in [0.29, 0.717) is 0 Å². The average Bonchev–Trinajstić information content (AvgIpc) is 3.29. The van der Waals surface area contributed by atoms with Crippen LogP contribution in [0.1, 0.15) is 29.1 Å². The zero-order valence-electron chi connectivity index (χ0n) is 15.2. The second-order valence-electron chi connectivity index (χ2n) is 6.61. The summed E-state index contributed by atoms with van der Waals surface area (Å²) in [5.74, 6) is 0. The second-order valence-corrected chi connectivity index (χ2v) is 9.49. The Balaban J connectivity index is 1.48. The number of pyridine rings is 1. The van der Waals surface area contributed by atoms with Gasteiger partial charge in [0.25, 0.3) is 0 Å². The molecule has 0 unspecified atom stereocenters. The second kappa shape index (κ2) is 9.03. The number of halogens is 1. The summed E-state index contributed by atoms with van der Waals surface area (Å²) in [6.45, 7) is 1.79. The Morgan fingerprint density at radius 2 is 1.93 bits per heavy atom. The van der Waals surface area contributed by atoms with E-state index in [-0.39, 0.29) is 12.1 Å². The first-order chi connectivity index (χ1) is 13.7. The molecule has 0 amide bonds. The number of nitrogens with one attached hydrogen (secondary N) is 2. The van der Waals surface area contributed by atoms with Gasteiger partial charge >= 0.3 is 0 Å². The molecular formula is C21H21BrN4S2. The van der Waals surface area contributed by atoms with Gasteiger partial charge in [0.15, 0.2) is 5.11 Å². The van der Waals surface area contributed by atoms with Crippen molar-refractivity contribution in [2.45, 2.75) is 18.5 Å². The smallest absolute Gasteiger partial charge is 0.170 e. The van der Waals surface area contributed by atoms with E-state index in [9.17, 15) is 0 Å². The molecule has 4 nitrogen and oxygen atoms in total. The van der Waals surface area contributed by atoms with Crippen molar-refractivity contribution in [2.24, 2.45) is 0 Å². The SMILES string of the molecule is S=C1N[C@H](c2ccccn2)[C@@H](c2ccc(Br)s2)N1CCCNc1ccccc1. The number of aromatic nitrogens is 1. The molecule has 0 bridgehead atoms. The molecule has 1 saturated heterocycles. The van der Waals surface area contributed by atoms with E-state index in [1.165, 1.54) is 4.88 Å². The Hall–Kier alpha value is -1.96. The average molecular weight is 473 g/mol. The molecule has 3 heterocycles. The molecule has 1 aliphatic rings. The molecule has 1 aliphatic heterocycles. The lowest BCUT2D eigenvalue weighted by molar-refractivity contribution is 0.320. The maximum absolute atomic E-state index is 5.70. The first-order valence-electron chi connectivity index (χ1n) is 9.24. The molecule has 144 valence electrons. The molecule has 0 radical (unpaired) electrons. The van der Waals surface area contributed by atoms with Crippen molar-refractivity contribution < 1.29 is 0 Å². The predicted octanol–water partition coefficient (Wildman–Crippen LogP) is 5.38. The summed E-state index contributed by atoms with van der Waals surface area (Å²) in [5.41, 5.74) is 2.17. The molecule has 0 spiro atoms. The van der Waals surface area contributed by atoms with E-state index in [1.54, 1.807) is 11.3 Å². The minimum absolute atomic E-state index is 0.0568. The van der Waals surface area contributed by atoms with Crippen LogP contribution in [0.4, 0.5) is 5.69 Å². The highest BCUT2D eigenvalue weighted by molar-refractivity contribution is 9.11. The third kappa shape index (κ3) is 4.37. The minimum atomic E-state index is 0.0568. The molecule has 0 aliphatic carbocycles. The largest absolute Gasteiger partial charge is 0.385 e. The van der Waals surface area contributed by atoms with Crippen LogP contribution in [0.2, 0.25) is 0 Å². The van der Waals surface area contributed by atoms with Gasteiger partial charge in [-0.05, 0) is 71.0 Å². The van der Waals surface area contributed by atoms with Crippen LogP contribution in [0.3, 0.4) is 0 Å². The highest BCUT2D eigenvalue weighted by Crippen LogP contribution is 2.42. The predicted molar refractivity (Wildman–Crippen MR) is 124 cm³/mol. The van der Waals surface area contributed by atoms with Crippen LogP contribution in [-0.2, 0) is 0 Å². The van der Waals surface area contributed by atoms with Gasteiger partial charge in [-0.25, -0.2) is 0 Å². The molecule has 1 fully saturated rings. The van der Waals surface area contributed by atoms with Crippen LogP contribution in [0.25, 0.3) is 0 Å². The molecule has 2 N–H and O–H groups in total. The molecule has 0 saturated carbocycles. The van der Waals surface area contributed by atoms with Gasteiger partial charge in [-0.3, -0.25) is 4.98 Å². The van der Waals surface area contributed by atoms with E-state index < -0.39 is 0 Å². The number of hydrogen-bond acceptors (Lipinski definition) is 4.